The molecule has 0 spiro atoms. The van der Waals surface area contributed by atoms with Crippen molar-refractivity contribution >= 4 is 24.6 Å². The van der Waals surface area contributed by atoms with E-state index in [2.05, 4.69) is 0 Å². The minimum atomic E-state index is -1.23. The molecular formula is C17H22BNO6. The quantitative estimate of drug-likeness (QED) is 0.790. The van der Waals surface area contributed by atoms with Crippen LogP contribution in [0.15, 0.2) is 18.2 Å². The molecule has 1 atom stereocenters. The summed E-state index contributed by atoms with van der Waals surface area (Å²) in [6.45, 7) is 8.02. The first kappa shape index (κ1) is 17.8. The smallest absolute Gasteiger partial charge is 0.479 e. The van der Waals surface area contributed by atoms with Crippen LogP contribution in [-0.4, -0.2) is 52.0 Å². The van der Waals surface area contributed by atoms with Crippen LogP contribution in [0.25, 0.3) is 0 Å². The standard InChI is InChI=1S/C17H22BNO6/c1-16(2)17(3,4)25-18(24-16)11-5-6-12-10(9-11)7-8-19(15(22)23)13(12)14(20)21/h5-6,9,13H,7-8H2,1-4H3,(H,20,21)(H,22,23). The van der Waals surface area contributed by atoms with Crippen molar-refractivity contribution in [3.8, 4) is 0 Å². The van der Waals surface area contributed by atoms with E-state index in [-0.39, 0.29) is 6.54 Å². The molecular weight excluding hydrogens is 325 g/mol. The van der Waals surface area contributed by atoms with E-state index in [1.165, 1.54) is 0 Å². The van der Waals surface area contributed by atoms with Crippen molar-refractivity contribution in [3.63, 3.8) is 0 Å². The summed E-state index contributed by atoms with van der Waals surface area (Å²) in [4.78, 5) is 23.9. The second-order valence-electron chi connectivity index (χ2n) is 7.51. The van der Waals surface area contributed by atoms with Gasteiger partial charge in [0.25, 0.3) is 0 Å². The second-order valence-corrected chi connectivity index (χ2v) is 7.51. The summed E-state index contributed by atoms with van der Waals surface area (Å²) in [5.41, 5.74) is 1.21. The van der Waals surface area contributed by atoms with Crippen LogP contribution in [0.1, 0.15) is 44.9 Å². The molecule has 0 radical (unpaired) electrons. The lowest BCUT2D eigenvalue weighted by Crippen LogP contribution is -2.43. The number of aliphatic carboxylic acids is 1. The van der Waals surface area contributed by atoms with Gasteiger partial charge >= 0.3 is 19.2 Å². The molecule has 0 bridgehead atoms. The van der Waals surface area contributed by atoms with Crippen LogP contribution in [0.4, 0.5) is 4.79 Å². The monoisotopic (exact) mass is 347 g/mol. The van der Waals surface area contributed by atoms with E-state index in [0.29, 0.717) is 12.0 Å². The lowest BCUT2D eigenvalue weighted by Gasteiger charge is -2.33. The van der Waals surface area contributed by atoms with Gasteiger partial charge < -0.3 is 19.5 Å². The van der Waals surface area contributed by atoms with E-state index in [1.807, 2.05) is 33.8 Å². The molecule has 2 heterocycles. The minimum absolute atomic E-state index is 0.145. The summed E-state index contributed by atoms with van der Waals surface area (Å²) in [5, 5.41) is 18.7. The SMILES string of the molecule is CC1(C)OB(c2ccc3c(c2)CCN(C(=O)O)C3C(=O)O)OC1(C)C. The maximum atomic E-state index is 11.6. The normalized spacial score (nSPS) is 24.1. The highest BCUT2D eigenvalue weighted by Crippen LogP contribution is 2.37. The molecule has 0 saturated carbocycles. The number of benzene rings is 1. The molecule has 1 unspecified atom stereocenters. The van der Waals surface area contributed by atoms with Gasteiger partial charge in [-0.15, -0.1) is 0 Å². The third kappa shape index (κ3) is 2.89. The fourth-order valence-corrected chi connectivity index (χ4v) is 3.25. The largest absolute Gasteiger partial charge is 0.494 e. The van der Waals surface area contributed by atoms with Gasteiger partial charge in [0, 0.05) is 6.54 Å². The molecule has 25 heavy (non-hydrogen) atoms. The highest BCUT2D eigenvalue weighted by Gasteiger charge is 2.52. The van der Waals surface area contributed by atoms with Gasteiger partial charge in [0.2, 0.25) is 0 Å². The van der Waals surface area contributed by atoms with Crippen LogP contribution >= 0.6 is 0 Å². The first-order valence-corrected chi connectivity index (χ1v) is 8.24. The highest BCUT2D eigenvalue weighted by molar-refractivity contribution is 6.62. The topological polar surface area (TPSA) is 96.3 Å². The molecule has 1 amide bonds. The Kier molecular flexibility index (Phi) is 4.08. The van der Waals surface area contributed by atoms with E-state index in [4.69, 9.17) is 9.31 Å². The number of rotatable bonds is 2. The van der Waals surface area contributed by atoms with Crippen molar-refractivity contribution in [3.05, 3.63) is 29.3 Å². The molecule has 1 saturated heterocycles. The molecule has 1 fully saturated rings. The van der Waals surface area contributed by atoms with Gasteiger partial charge in [-0.05, 0) is 50.7 Å². The average Bonchev–Trinajstić information content (AvgIpc) is 2.73. The highest BCUT2D eigenvalue weighted by atomic mass is 16.7. The molecule has 8 heteroatoms. The van der Waals surface area contributed by atoms with Gasteiger partial charge in [-0.3, -0.25) is 4.90 Å². The average molecular weight is 347 g/mol. The zero-order valence-electron chi connectivity index (χ0n) is 14.8. The first-order chi connectivity index (χ1) is 11.5. The number of carbonyl (C=O) groups is 2. The first-order valence-electron chi connectivity index (χ1n) is 8.24. The van der Waals surface area contributed by atoms with Gasteiger partial charge in [0.05, 0.1) is 11.2 Å². The predicted octanol–water partition coefficient (Wildman–Crippen LogP) is 1.65. The Balaban J connectivity index is 1.94. The number of hydrogen-bond donors (Lipinski definition) is 2. The predicted molar refractivity (Wildman–Crippen MR) is 91.0 cm³/mol. The van der Waals surface area contributed by atoms with Crippen molar-refractivity contribution in [2.75, 3.05) is 6.54 Å². The van der Waals surface area contributed by atoms with E-state index in [1.54, 1.807) is 12.1 Å². The van der Waals surface area contributed by atoms with Gasteiger partial charge in [-0.1, -0.05) is 18.2 Å². The van der Waals surface area contributed by atoms with Crippen LogP contribution in [0, 0.1) is 0 Å². The molecule has 0 aliphatic carbocycles. The van der Waals surface area contributed by atoms with Crippen LogP contribution in [0.5, 0.6) is 0 Å². The third-order valence-electron chi connectivity index (χ3n) is 5.40. The van der Waals surface area contributed by atoms with Gasteiger partial charge in [0.15, 0.2) is 6.04 Å². The van der Waals surface area contributed by atoms with E-state index in [9.17, 15) is 19.8 Å². The number of fused-ring (bicyclic) bond motifs is 1. The van der Waals surface area contributed by atoms with E-state index < -0.39 is 36.4 Å². The summed E-state index contributed by atoms with van der Waals surface area (Å²) >= 11 is 0. The number of nitrogens with zero attached hydrogens (tertiary/aromatic N) is 1. The maximum absolute atomic E-state index is 11.6. The summed E-state index contributed by atoms with van der Waals surface area (Å²) in [6.07, 6.45) is -0.772. The number of carboxylic acids is 1. The molecule has 7 nitrogen and oxygen atoms in total. The lowest BCUT2D eigenvalue weighted by molar-refractivity contribution is -0.143. The Morgan fingerprint density at radius 3 is 2.28 bits per heavy atom. The summed E-state index contributed by atoms with van der Waals surface area (Å²) in [5.74, 6) is -1.17. The van der Waals surface area contributed by atoms with Crippen LogP contribution in [0.2, 0.25) is 0 Å². The fraction of sp³-hybridized carbons (Fsp3) is 0.529. The summed E-state index contributed by atoms with van der Waals surface area (Å²) in [7, 11) is -0.531. The second kappa shape index (κ2) is 5.74. The maximum Gasteiger partial charge on any atom is 0.494 e. The van der Waals surface area contributed by atoms with Crippen molar-refractivity contribution in [2.45, 2.75) is 51.4 Å². The third-order valence-corrected chi connectivity index (χ3v) is 5.40. The lowest BCUT2D eigenvalue weighted by atomic mass is 9.76. The van der Waals surface area contributed by atoms with Crippen molar-refractivity contribution in [2.24, 2.45) is 0 Å². The molecule has 1 aromatic rings. The van der Waals surface area contributed by atoms with Gasteiger partial charge in [-0.25, -0.2) is 9.59 Å². The minimum Gasteiger partial charge on any atom is -0.479 e. The zero-order valence-corrected chi connectivity index (χ0v) is 14.8. The van der Waals surface area contributed by atoms with Gasteiger partial charge in [0.1, 0.15) is 0 Å². The number of hydrogen-bond acceptors (Lipinski definition) is 4. The number of amides is 1. The van der Waals surface area contributed by atoms with Crippen LogP contribution < -0.4 is 5.46 Å². The Labute approximate surface area is 146 Å². The zero-order chi connectivity index (χ0) is 18.6. The van der Waals surface area contributed by atoms with Crippen molar-refractivity contribution in [1.82, 2.24) is 4.90 Å². The molecule has 3 rings (SSSR count). The number of carboxylic acid groups (broad SMARTS) is 2. The molecule has 2 N–H and O–H groups in total. The molecule has 2 aliphatic heterocycles. The molecule has 0 aromatic heterocycles. The van der Waals surface area contributed by atoms with E-state index >= 15 is 0 Å². The Hall–Kier alpha value is -2.06. The van der Waals surface area contributed by atoms with Crippen LogP contribution in [0.3, 0.4) is 0 Å². The summed E-state index contributed by atoms with van der Waals surface area (Å²) in [6, 6.07) is 4.10. The van der Waals surface area contributed by atoms with Gasteiger partial charge in [-0.2, -0.15) is 0 Å². The van der Waals surface area contributed by atoms with E-state index in [0.717, 1.165) is 15.9 Å². The van der Waals surface area contributed by atoms with Crippen molar-refractivity contribution < 1.29 is 29.1 Å². The fourth-order valence-electron chi connectivity index (χ4n) is 3.25. The Bertz CT molecular complexity index is 716. The molecule has 2 aliphatic rings. The van der Waals surface area contributed by atoms with Crippen LogP contribution in [-0.2, 0) is 20.5 Å². The Morgan fingerprint density at radius 1 is 1.16 bits per heavy atom. The summed E-state index contributed by atoms with van der Waals surface area (Å²) < 4.78 is 12.1. The molecule has 1 aromatic carbocycles. The Morgan fingerprint density at radius 2 is 1.76 bits per heavy atom. The van der Waals surface area contributed by atoms with Crippen molar-refractivity contribution in [1.29, 1.82) is 0 Å². The molecule has 134 valence electrons.